The van der Waals surface area contributed by atoms with Gasteiger partial charge in [-0.1, -0.05) is 19.1 Å². The third-order valence-corrected chi connectivity index (χ3v) is 3.56. The highest BCUT2D eigenvalue weighted by Crippen LogP contribution is 2.33. The molecule has 1 aromatic heterocycles. The van der Waals surface area contributed by atoms with Gasteiger partial charge in [0.2, 0.25) is 5.88 Å². The minimum atomic E-state index is 0.521. The van der Waals surface area contributed by atoms with Crippen molar-refractivity contribution in [1.82, 2.24) is 9.97 Å². The zero-order valence-corrected chi connectivity index (χ0v) is 13.5. The first kappa shape index (κ1) is 14.8. The maximum absolute atomic E-state index is 5.90. The van der Waals surface area contributed by atoms with Gasteiger partial charge in [0.25, 0.3) is 0 Å². The van der Waals surface area contributed by atoms with Gasteiger partial charge in [-0.2, -0.15) is 0 Å². The van der Waals surface area contributed by atoms with E-state index in [1.165, 1.54) is 6.33 Å². The van der Waals surface area contributed by atoms with E-state index in [4.69, 9.17) is 4.74 Å². The summed E-state index contributed by atoms with van der Waals surface area (Å²) in [5, 5.41) is 3.24. The fraction of sp³-hybridized carbons (Fsp3) is 0.333. The van der Waals surface area contributed by atoms with E-state index in [2.05, 4.69) is 44.2 Å². The van der Waals surface area contributed by atoms with Gasteiger partial charge in [-0.15, -0.1) is 0 Å². The van der Waals surface area contributed by atoms with Crippen LogP contribution in [0.5, 0.6) is 11.6 Å². The van der Waals surface area contributed by atoms with E-state index in [0.717, 1.165) is 40.1 Å². The molecule has 106 valence electrons. The van der Waals surface area contributed by atoms with E-state index in [1.54, 1.807) is 0 Å². The fourth-order valence-electron chi connectivity index (χ4n) is 1.71. The fourth-order valence-corrected chi connectivity index (χ4v) is 2.14. The van der Waals surface area contributed by atoms with Crippen molar-refractivity contribution >= 4 is 21.7 Å². The molecule has 0 amide bonds. The van der Waals surface area contributed by atoms with Crippen molar-refractivity contribution in [3.8, 4) is 11.6 Å². The SMILES string of the molecule is CCCNc1ncnc(Oc2cc(C)ccc2C)c1Br. The van der Waals surface area contributed by atoms with Crippen molar-refractivity contribution in [2.24, 2.45) is 0 Å². The lowest BCUT2D eigenvalue weighted by atomic mass is 10.1. The van der Waals surface area contributed by atoms with Gasteiger partial charge < -0.3 is 10.1 Å². The average molecular weight is 336 g/mol. The predicted octanol–water partition coefficient (Wildman–Crippen LogP) is 4.47. The zero-order valence-electron chi connectivity index (χ0n) is 11.9. The molecule has 0 unspecified atom stereocenters. The van der Waals surface area contributed by atoms with Gasteiger partial charge in [0.05, 0.1) is 0 Å². The van der Waals surface area contributed by atoms with Gasteiger partial charge in [0.1, 0.15) is 22.4 Å². The number of ether oxygens (including phenoxy) is 1. The average Bonchev–Trinajstić information content (AvgIpc) is 2.44. The summed E-state index contributed by atoms with van der Waals surface area (Å²) >= 11 is 3.50. The van der Waals surface area contributed by atoms with Gasteiger partial charge in [-0.3, -0.25) is 0 Å². The molecule has 0 aliphatic heterocycles. The molecule has 0 bridgehead atoms. The molecule has 0 spiro atoms. The molecule has 2 aromatic rings. The molecular weight excluding hydrogens is 318 g/mol. The molecule has 0 fully saturated rings. The quantitative estimate of drug-likeness (QED) is 0.875. The lowest BCUT2D eigenvalue weighted by molar-refractivity contribution is 0.454. The van der Waals surface area contributed by atoms with Crippen molar-refractivity contribution in [3.63, 3.8) is 0 Å². The third kappa shape index (κ3) is 3.48. The number of nitrogens with one attached hydrogen (secondary N) is 1. The molecule has 1 heterocycles. The number of anilines is 1. The topological polar surface area (TPSA) is 47.0 Å². The zero-order chi connectivity index (χ0) is 14.5. The van der Waals surface area contributed by atoms with Gasteiger partial charge in [0, 0.05) is 6.54 Å². The highest BCUT2D eigenvalue weighted by atomic mass is 79.9. The van der Waals surface area contributed by atoms with Crippen LogP contribution in [0.15, 0.2) is 29.0 Å². The van der Waals surface area contributed by atoms with E-state index < -0.39 is 0 Å². The monoisotopic (exact) mass is 335 g/mol. The maximum Gasteiger partial charge on any atom is 0.238 e. The van der Waals surface area contributed by atoms with Crippen LogP contribution in [0.2, 0.25) is 0 Å². The third-order valence-electron chi connectivity index (χ3n) is 2.85. The molecular formula is C15H18BrN3O. The number of benzene rings is 1. The van der Waals surface area contributed by atoms with Gasteiger partial charge in [-0.25, -0.2) is 9.97 Å². The first-order valence-electron chi connectivity index (χ1n) is 6.61. The van der Waals surface area contributed by atoms with Crippen LogP contribution in [0.4, 0.5) is 5.82 Å². The smallest absolute Gasteiger partial charge is 0.238 e. The van der Waals surface area contributed by atoms with Crippen molar-refractivity contribution in [1.29, 1.82) is 0 Å². The predicted molar refractivity (Wildman–Crippen MR) is 84.5 cm³/mol. The first-order valence-corrected chi connectivity index (χ1v) is 7.40. The van der Waals surface area contributed by atoms with E-state index in [-0.39, 0.29) is 0 Å². The highest BCUT2D eigenvalue weighted by molar-refractivity contribution is 9.10. The number of nitrogens with zero attached hydrogens (tertiary/aromatic N) is 2. The minimum absolute atomic E-state index is 0.521. The second kappa shape index (κ2) is 6.70. The molecule has 2 rings (SSSR count). The highest BCUT2D eigenvalue weighted by Gasteiger charge is 2.11. The molecule has 20 heavy (non-hydrogen) atoms. The largest absolute Gasteiger partial charge is 0.437 e. The van der Waals surface area contributed by atoms with Crippen LogP contribution in [0, 0.1) is 13.8 Å². The molecule has 0 aliphatic carbocycles. The standard InChI is InChI=1S/C15H18BrN3O/c1-4-7-17-14-13(16)15(19-9-18-14)20-12-8-10(2)5-6-11(12)3/h5-6,8-9H,4,7H2,1-3H3,(H,17,18,19). The molecule has 0 radical (unpaired) electrons. The van der Waals surface area contributed by atoms with Crippen LogP contribution in [0.3, 0.4) is 0 Å². The number of hydrogen-bond donors (Lipinski definition) is 1. The molecule has 0 saturated carbocycles. The van der Waals surface area contributed by atoms with Gasteiger partial charge in [-0.05, 0) is 53.4 Å². The normalized spacial score (nSPS) is 10.4. The summed E-state index contributed by atoms with van der Waals surface area (Å²) in [6, 6.07) is 6.10. The molecule has 0 atom stereocenters. The second-order valence-corrected chi connectivity index (χ2v) is 5.43. The lowest BCUT2D eigenvalue weighted by Gasteiger charge is -2.12. The summed E-state index contributed by atoms with van der Waals surface area (Å²) in [4.78, 5) is 8.40. The van der Waals surface area contributed by atoms with E-state index in [9.17, 15) is 0 Å². The van der Waals surface area contributed by atoms with Crippen LogP contribution >= 0.6 is 15.9 Å². The maximum atomic E-state index is 5.90. The second-order valence-electron chi connectivity index (χ2n) is 4.64. The summed E-state index contributed by atoms with van der Waals surface area (Å²) in [6.45, 7) is 7.02. The summed E-state index contributed by atoms with van der Waals surface area (Å²) in [6.07, 6.45) is 2.53. The van der Waals surface area contributed by atoms with E-state index in [0.29, 0.717) is 5.88 Å². The minimum Gasteiger partial charge on any atom is -0.437 e. The number of aromatic nitrogens is 2. The Morgan fingerprint density at radius 1 is 1.25 bits per heavy atom. The summed E-state index contributed by atoms with van der Waals surface area (Å²) < 4.78 is 6.65. The lowest BCUT2D eigenvalue weighted by Crippen LogP contribution is -2.04. The number of aryl methyl sites for hydroxylation is 2. The molecule has 1 aromatic carbocycles. The van der Waals surface area contributed by atoms with Crippen LogP contribution in [0.1, 0.15) is 24.5 Å². The first-order chi connectivity index (χ1) is 9.61. The van der Waals surface area contributed by atoms with Crippen LogP contribution < -0.4 is 10.1 Å². The Hall–Kier alpha value is -1.62. The van der Waals surface area contributed by atoms with Crippen LogP contribution in [-0.2, 0) is 0 Å². The van der Waals surface area contributed by atoms with E-state index in [1.807, 2.05) is 26.0 Å². The molecule has 0 saturated heterocycles. The van der Waals surface area contributed by atoms with E-state index >= 15 is 0 Å². The Morgan fingerprint density at radius 2 is 2.05 bits per heavy atom. The van der Waals surface area contributed by atoms with Gasteiger partial charge in [0.15, 0.2) is 0 Å². The van der Waals surface area contributed by atoms with Gasteiger partial charge >= 0.3 is 0 Å². The summed E-state index contributed by atoms with van der Waals surface area (Å²) in [5.41, 5.74) is 2.23. The van der Waals surface area contributed by atoms with Crippen LogP contribution in [0.25, 0.3) is 0 Å². The Bertz CT molecular complexity index is 602. The van der Waals surface area contributed by atoms with Crippen molar-refractivity contribution < 1.29 is 4.74 Å². The number of halogens is 1. The Morgan fingerprint density at radius 3 is 2.80 bits per heavy atom. The Kier molecular flexibility index (Phi) is 4.95. The van der Waals surface area contributed by atoms with Crippen LogP contribution in [-0.4, -0.2) is 16.5 Å². The number of hydrogen-bond acceptors (Lipinski definition) is 4. The number of rotatable bonds is 5. The Balaban J connectivity index is 2.27. The summed E-state index contributed by atoms with van der Waals surface area (Å²) in [7, 11) is 0. The Labute approximate surface area is 127 Å². The molecule has 4 nitrogen and oxygen atoms in total. The molecule has 5 heteroatoms. The molecule has 0 aliphatic rings. The van der Waals surface area contributed by atoms with Crippen molar-refractivity contribution in [3.05, 3.63) is 40.1 Å². The molecule has 1 N–H and O–H groups in total. The van der Waals surface area contributed by atoms with Crippen molar-refractivity contribution in [2.75, 3.05) is 11.9 Å². The summed E-state index contributed by atoms with van der Waals surface area (Å²) in [5.74, 6) is 2.08. The van der Waals surface area contributed by atoms with Crippen molar-refractivity contribution in [2.45, 2.75) is 27.2 Å².